The standard InChI is InChI=1S/C19H19F3N2O2/c1-13-4-2-5-14(10-13)8-9-17(25)24-16-7-3-6-15(11-16)12-23-18(26)19(20,21)22/h2-7,10-11H,8-9,12H2,1H3,(H,23,26)(H,24,25). The fraction of sp³-hybridized carbons (Fsp3) is 0.263. The van der Waals surface area contributed by atoms with Gasteiger partial charge in [0.2, 0.25) is 5.91 Å². The first-order valence-corrected chi connectivity index (χ1v) is 8.03. The van der Waals surface area contributed by atoms with Gasteiger partial charge in [-0.2, -0.15) is 13.2 Å². The van der Waals surface area contributed by atoms with E-state index >= 15 is 0 Å². The Bertz CT molecular complexity index is 788. The minimum Gasteiger partial charge on any atom is -0.344 e. The van der Waals surface area contributed by atoms with Crippen molar-refractivity contribution in [3.63, 3.8) is 0 Å². The highest BCUT2D eigenvalue weighted by atomic mass is 19.4. The average Bonchev–Trinajstić information content (AvgIpc) is 2.57. The topological polar surface area (TPSA) is 58.2 Å². The molecule has 0 fully saturated rings. The Labute approximate surface area is 149 Å². The van der Waals surface area contributed by atoms with E-state index in [4.69, 9.17) is 0 Å². The van der Waals surface area contributed by atoms with Crippen LogP contribution in [0.25, 0.3) is 0 Å². The van der Waals surface area contributed by atoms with Crippen molar-refractivity contribution in [3.8, 4) is 0 Å². The first-order valence-electron chi connectivity index (χ1n) is 8.03. The lowest BCUT2D eigenvalue weighted by Gasteiger charge is -2.10. The van der Waals surface area contributed by atoms with Gasteiger partial charge in [0.15, 0.2) is 0 Å². The van der Waals surface area contributed by atoms with E-state index in [1.807, 2.05) is 31.2 Å². The maximum Gasteiger partial charge on any atom is 0.471 e. The Morgan fingerprint density at radius 1 is 1.00 bits per heavy atom. The maximum atomic E-state index is 12.2. The quantitative estimate of drug-likeness (QED) is 0.820. The molecule has 0 aliphatic heterocycles. The molecule has 0 spiro atoms. The molecule has 2 amide bonds. The van der Waals surface area contributed by atoms with Crippen LogP contribution in [-0.4, -0.2) is 18.0 Å². The van der Waals surface area contributed by atoms with Gasteiger partial charge in [-0.3, -0.25) is 9.59 Å². The van der Waals surface area contributed by atoms with Crippen LogP contribution in [0.3, 0.4) is 0 Å². The second-order valence-electron chi connectivity index (χ2n) is 5.92. The number of amides is 2. The van der Waals surface area contributed by atoms with E-state index in [0.717, 1.165) is 11.1 Å². The monoisotopic (exact) mass is 364 g/mol. The predicted molar refractivity (Wildman–Crippen MR) is 92.5 cm³/mol. The highest BCUT2D eigenvalue weighted by Gasteiger charge is 2.38. The molecule has 138 valence electrons. The number of alkyl halides is 3. The average molecular weight is 364 g/mol. The van der Waals surface area contributed by atoms with Crippen LogP contribution in [0.5, 0.6) is 0 Å². The van der Waals surface area contributed by atoms with E-state index in [2.05, 4.69) is 5.32 Å². The van der Waals surface area contributed by atoms with Crippen molar-refractivity contribution in [2.45, 2.75) is 32.5 Å². The van der Waals surface area contributed by atoms with E-state index in [-0.39, 0.29) is 12.5 Å². The molecule has 0 atom stereocenters. The van der Waals surface area contributed by atoms with Gasteiger partial charge in [0, 0.05) is 18.7 Å². The number of rotatable bonds is 6. The Kier molecular flexibility index (Phi) is 6.38. The summed E-state index contributed by atoms with van der Waals surface area (Å²) in [5.41, 5.74) is 3.11. The van der Waals surface area contributed by atoms with Gasteiger partial charge < -0.3 is 10.6 Å². The summed E-state index contributed by atoms with van der Waals surface area (Å²) in [5.74, 6) is -2.19. The number of benzene rings is 2. The molecular formula is C19H19F3N2O2. The van der Waals surface area contributed by atoms with Gasteiger partial charge in [0.25, 0.3) is 0 Å². The van der Waals surface area contributed by atoms with Gasteiger partial charge in [0.05, 0.1) is 0 Å². The zero-order valence-corrected chi connectivity index (χ0v) is 14.2. The van der Waals surface area contributed by atoms with Crippen LogP contribution in [0.1, 0.15) is 23.1 Å². The number of aryl methyl sites for hydroxylation is 2. The summed E-state index contributed by atoms with van der Waals surface area (Å²) >= 11 is 0. The summed E-state index contributed by atoms with van der Waals surface area (Å²) < 4.78 is 36.6. The molecule has 2 rings (SSSR count). The van der Waals surface area contributed by atoms with Crippen molar-refractivity contribution < 1.29 is 22.8 Å². The van der Waals surface area contributed by atoms with Crippen LogP contribution in [0.15, 0.2) is 48.5 Å². The highest BCUT2D eigenvalue weighted by molar-refractivity contribution is 5.90. The molecule has 4 nitrogen and oxygen atoms in total. The van der Waals surface area contributed by atoms with Crippen LogP contribution in [-0.2, 0) is 22.6 Å². The normalized spacial score (nSPS) is 11.1. The molecule has 7 heteroatoms. The molecule has 0 unspecified atom stereocenters. The first kappa shape index (κ1) is 19.5. The molecule has 0 heterocycles. The SMILES string of the molecule is Cc1cccc(CCC(=O)Nc2cccc(CNC(=O)C(F)(F)F)c2)c1. The molecule has 0 aliphatic carbocycles. The Morgan fingerprint density at radius 2 is 1.69 bits per heavy atom. The molecule has 2 aromatic carbocycles. The summed E-state index contributed by atoms with van der Waals surface area (Å²) in [4.78, 5) is 22.9. The second-order valence-corrected chi connectivity index (χ2v) is 5.92. The van der Waals surface area contributed by atoms with Crippen LogP contribution >= 0.6 is 0 Å². The number of carbonyl (C=O) groups is 2. The number of hydrogen-bond acceptors (Lipinski definition) is 2. The fourth-order valence-electron chi connectivity index (χ4n) is 2.39. The number of nitrogens with one attached hydrogen (secondary N) is 2. The summed E-state index contributed by atoms with van der Waals surface area (Å²) in [7, 11) is 0. The van der Waals surface area contributed by atoms with Crippen LogP contribution < -0.4 is 10.6 Å². The molecule has 0 aliphatic rings. The van der Waals surface area contributed by atoms with Crippen molar-refractivity contribution in [2.24, 2.45) is 0 Å². The zero-order valence-electron chi connectivity index (χ0n) is 14.2. The van der Waals surface area contributed by atoms with Gasteiger partial charge in [-0.25, -0.2) is 0 Å². The van der Waals surface area contributed by atoms with Crippen molar-refractivity contribution in [1.29, 1.82) is 0 Å². The van der Waals surface area contributed by atoms with Gasteiger partial charge >= 0.3 is 12.1 Å². The molecule has 0 radical (unpaired) electrons. The zero-order chi connectivity index (χ0) is 19.2. The molecule has 0 saturated carbocycles. The van der Waals surface area contributed by atoms with E-state index in [0.29, 0.717) is 24.1 Å². The Morgan fingerprint density at radius 3 is 2.38 bits per heavy atom. The molecule has 0 bridgehead atoms. The third-order valence-corrected chi connectivity index (χ3v) is 3.64. The van der Waals surface area contributed by atoms with Crippen LogP contribution in [0.2, 0.25) is 0 Å². The lowest BCUT2D eigenvalue weighted by Crippen LogP contribution is -2.36. The summed E-state index contributed by atoms with van der Waals surface area (Å²) in [6.45, 7) is 1.71. The Hall–Kier alpha value is -2.83. The lowest BCUT2D eigenvalue weighted by atomic mass is 10.1. The molecule has 2 N–H and O–H groups in total. The maximum absolute atomic E-state index is 12.2. The van der Waals surface area contributed by atoms with Gasteiger partial charge in [-0.05, 0) is 36.6 Å². The Balaban J connectivity index is 1.87. The smallest absolute Gasteiger partial charge is 0.344 e. The fourth-order valence-corrected chi connectivity index (χ4v) is 2.39. The number of carbonyl (C=O) groups excluding carboxylic acids is 2. The lowest BCUT2D eigenvalue weighted by molar-refractivity contribution is -0.173. The van der Waals surface area contributed by atoms with Crippen molar-refractivity contribution in [2.75, 3.05) is 5.32 Å². The first-order chi connectivity index (χ1) is 12.2. The van der Waals surface area contributed by atoms with Gasteiger partial charge in [0.1, 0.15) is 0 Å². The molecule has 26 heavy (non-hydrogen) atoms. The van der Waals surface area contributed by atoms with Crippen molar-refractivity contribution in [3.05, 3.63) is 65.2 Å². The predicted octanol–water partition coefficient (Wildman–Crippen LogP) is 3.74. The van der Waals surface area contributed by atoms with Crippen LogP contribution in [0.4, 0.5) is 18.9 Å². The van der Waals surface area contributed by atoms with Gasteiger partial charge in [-0.1, -0.05) is 42.0 Å². The summed E-state index contributed by atoms with van der Waals surface area (Å²) in [5, 5.41) is 4.51. The molecular weight excluding hydrogens is 345 g/mol. The van der Waals surface area contributed by atoms with Crippen molar-refractivity contribution >= 4 is 17.5 Å². The van der Waals surface area contributed by atoms with Crippen molar-refractivity contribution in [1.82, 2.24) is 5.32 Å². The van der Waals surface area contributed by atoms with Crippen LogP contribution in [0, 0.1) is 6.92 Å². The van der Waals surface area contributed by atoms with E-state index < -0.39 is 12.1 Å². The number of hydrogen-bond donors (Lipinski definition) is 2. The number of anilines is 1. The van der Waals surface area contributed by atoms with E-state index in [1.54, 1.807) is 23.5 Å². The molecule has 2 aromatic rings. The largest absolute Gasteiger partial charge is 0.471 e. The summed E-state index contributed by atoms with van der Waals surface area (Å²) in [6.07, 6.45) is -4.03. The van der Waals surface area contributed by atoms with Gasteiger partial charge in [-0.15, -0.1) is 0 Å². The number of halogens is 3. The van der Waals surface area contributed by atoms with E-state index in [9.17, 15) is 22.8 Å². The third-order valence-electron chi connectivity index (χ3n) is 3.64. The highest BCUT2D eigenvalue weighted by Crippen LogP contribution is 2.16. The summed E-state index contributed by atoms with van der Waals surface area (Å²) in [6, 6.07) is 14.2. The minimum atomic E-state index is -4.92. The molecule has 0 aromatic heterocycles. The minimum absolute atomic E-state index is 0.192. The third kappa shape index (κ3) is 6.23. The second kappa shape index (κ2) is 8.51. The molecule has 0 saturated heterocycles. The van der Waals surface area contributed by atoms with E-state index in [1.165, 1.54) is 6.07 Å².